The third-order valence-electron chi connectivity index (χ3n) is 2.40. The molecule has 88 valence electrons. The SMILES string of the molecule is CN(CCCCC(=O)O)c1ccc(F)cc1. The minimum atomic E-state index is -0.760. The first-order chi connectivity index (χ1) is 7.59. The summed E-state index contributed by atoms with van der Waals surface area (Å²) >= 11 is 0. The lowest BCUT2D eigenvalue weighted by Crippen LogP contribution is -2.18. The molecule has 0 radical (unpaired) electrons. The Morgan fingerprint density at radius 3 is 2.50 bits per heavy atom. The van der Waals surface area contributed by atoms with Crippen LogP contribution < -0.4 is 4.90 Å². The van der Waals surface area contributed by atoms with E-state index in [0.717, 1.165) is 18.7 Å². The van der Waals surface area contributed by atoms with Gasteiger partial charge in [-0.05, 0) is 37.1 Å². The molecular weight excluding hydrogens is 209 g/mol. The van der Waals surface area contributed by atoms with E-state index in [9.17, 15) is 9.18 Å². The van der Waals surface area contributed by atoms with Crippen LogP contribution in [-0.4, -0.2) is 24.7 Å². The fourth-order valence-electron chi connectivity index (χ4n) is 1.45. The number of hydrogen-bond donors (Lipinski definition) is 1. The van der Waals surface area contributed by atoms with Crippen LogP contribution in [0.3, 0.4) is 0 Å². The molecular formula is C12H16FNO2. The number of carbonyl (C=O) groups is 1. The van der Waals surface area contributed by atoms with E-state index in [2.05, 4.69) is 0 Å². The molecule has 0 aliphatic heterocycles. The average molecular weight is 225 g/mol. The molecule has 0 saturated heterocycles. The van der Waals surface area contributed by atoms with Crippen LogP contribution in [0.4, 0.5) is 10.1 Å². The van der Waals surface area contributed by atoms with Crippen molar-refractivity contribution in [3.63, 3.8) is 0 Å². The van der Waals surface area contributed by atoms with Crippen molar-refractivity contribution in [2.24, 2.45) is 0 Å². The molecule has 0 atom stereocenters. The second-order valence-electron chi connectivity index (χ2n) is 3.75. The minimum Gasteiger partial charge on any atom is -0.481 e. The van der Waals surface area contributed by atoms with Crippen molar-refractivity contribution >= 4 is 11.7 Å². The Kier molecular flexibility index (Phi) is 4.76. The number of hydrogen-bond acceptors (Lipinski definition) is 2. The minimum absolute atomic E-state index is 0.206. The molecule has 0 aliphatic carbocycles. The van der Waals surface area contributed by atoms with Gasteiger partial charge in [-0.1, -0.05) is 0 Å². The topological polar surface area (TPSA) is 40.5 Å². The fraction of sp³-hybridized carbons (Fsp3) is 0.417. The van der Waals surface area contributed by atoms with Crippen molar-refractivity contribution in [3.8, 4) is 0 Å². The summed E-state index contributed by atoms with van der Waals surface area (Å²) in [6, 6.07) is 6.27. The smallest absolute Gasteiger partial charge is 0.303 e. The lowest BCUT2D eigenvalue weighted by Gasteiger charge is -2.18. The second kappa shape index (κ2) is 6.10. The molecule has 0 heterocycles. The van der Waals surface area contributed by atoms with E-state index in [1.54, 1.807) is 12.1 Å². The average Bonchev–Trinajstić information content (AvgIpc) is 2.25. The van der Waals surface area contributed by atoms with Crippen LogP contribution in [-0.2, 0) is 4.79 Å². The van der Waals surface area contributed by atoms with Crippen LogP contribution in [0.1, 0.15) is 19.3 Å². The number of halogens is 1. The summed E-state index contributed by atoms with van der Waals surface area (Å²) in [5, 5.41) is 8.47. The lowest BCUT2D eigenvalue weighted by molar-refractivity contribution is -0.137. The largest absolute Gasteiger partial charge is 0.481 e. The number of nitrogens with zero attached hydrogens (tertiary/aromatic N) is 1. The van der Waals surface area contributed by atoms with Crippen molar-refractivity contribution < 1.29 is 14.3 Å². The van der Waals surface area contributed by atoms with Gasteiger partial charge in [-0.15, -0.1) is 0 Å². The van der Waals surface area contributed by atoms with Gasteiger partial charge in [0.25, 0.3) is 0 Å². The zero-order chi connectivity index (χ0) is 12.0. The summed E-state index contributed by atoms with van der Waals surface area (Å²) in [6.07, 6.45) is 1.69. The van der Waals surface area contributed by atoms with Crippen molar-refractivity contribution in [2.75, 3.05) is 18.5 Å². The van der Waals surface area contributed by atoms with Gasteiger partial charge in [0.05, 0.1) is 0 Å². The van der Waals surface area contributed by atoms with Crippen LogP contribution in [0.25, 0.3) is 0 Å². The van der Waals surface area contributed by atoms with Gasteiger partial charge in [0.15, 0.2) is 0 Å². The monoisotopic (exact) mass is 225 g/mol. The molecule has 1 N–H and O–H groups in total. The number of benzene rings is 1. The van der Waals surface area contributed by atoms with Gasteiger partial charge in [0, 0.05) is 25.7 Å². The highest BCUT2D eigenvalue weighted by Gasteiger charge is 2.02. The normalized spacial score (nSPS) is 10.1. The Bertz CT molecular complexity index is 337. The molecule has 0 saturated carbocycles. The van der Waals surface area contributed by atoms with E-state index in [1.165, 1.54) is 12.1 Å². The molecule has 0 bridgehead atoms. The summed E-state index contributed by atoms with van der Waals surface area (Å²) in [4.78, 5) is 12.3. The highest BCUT2D eigenvalue weighted by atomic mass is 19.1. The maximum Gasteiger partial charge on any atom is 0.303 e. The second-order valence-corrected chi connectivity index (χ2v) is 3.75. The molecule has 1 aromatic rings. The molecule has 0 fully saturated rings. The van der Waals surface area contributed by atoms with Crippen molar-refractivity contribution in [2.45, 2.75) is 19.3 Å². The molecule has 4 heteroatoms. The van der Waals surface area contributed by atoms with Crippen LogP contribution in [0.2, 0.25) is 0 Å². The Morgan fingerprint density at radius 1 is 1.31 bits per heavy atom. The quantitative estimate of drug-likeness (QED) is 0.756. The first-order valence-electron chi connectivity index (χ1n) is 5.28. The molecule has 0 aromatic heterocycles. The molecule has 0 unspecified atom stereocenters. The molecule has 16 heavy (non-hydrogen) atoms. The van der Waals surface area contributed by atoms with Gasteiger partial charge >= 0.3 is 5.97 Å². The van der Waals surface area contributed by atoms with Crippen LogP contribution in [0.5, 0.6) is 0 Å². The Morgan fingerprint density at radius 2 is 1.94 bits per heavy atom. The van der Waals surface area contributed by atoms with Crippen LogP contribution >= 0.6 is 0 Å². The summed E-state index contributed by atoms with van der Waals surface area (Å²) in [5.41, 5.74) is 0.941. The van der Waals surface area contributed by atoms with Gasteiger partial charge in [-0.2, -0.15) is 0 Å². The Balaban J connectivity index is 2.32. The van der Waals surface area contributed by atoms with Gasteiger partial charge in [0.2, 0.25) is 0 Å². The maximum atomic E-state index is 12.7. The first kappa shape index (κ1) is 12.5. The van der Waals surface area contributed by atoms with Crippen molar-refractivity contribution in [3.05, 3.63) is 30.1 Å². The number of carboxylic acids is 1. The number of anilines is 1. The number of carboxylic acid groups (broad SMARTS) is 1. The van der Waals surface area contributed by atoms with E-state index < -0.39 is 5.97 Å². The molecule has 1 rings (SSSR count). The summed E-state index contributed by atoms with van der Waals surface area (Å²) in [5.74, 6) is -1.01. The van der Waals surface area contributed by atoms with E-state index in [1.807, 2.05) is 11.9 Å². The standard InChI is InChI=1S/C12H16FNO2/c1-14(9-3-2-4-12(15)16)11-7-5-10(13)6-8-11/h5-8H,2-4,9H2,1H3,(H,15,16). The van der Waals surface area contributed by atoms with Gasteiger partial charge < -0.3 is 10.0 Å². The molecule has 0 aliphatic rings. The lowest BCUT2D eigenvalue weighted by atomic mass is 10.2. The number of aliphatic carboxylic acids is 1. The Hall–Kier alpha value is -1.58. The number of unbranched alkanes of at least 4 members (excludes halogenated alkanes) is 1. The fourth-order valence-corrected chi connectivity index (χ4v) is 1.45. The van der Waals surface area contributed by atoms with Gasteiger partial charge in [-0.25, -0.2) is 4.39 Å². The van der Waals surface area contributed by atoms with Gasteiger partial charge in [0.1, 0.15) is 5.82 Å². The third kappa shape index (κ3) is 4.29. The highest BCUT2D eigenvalue weighted by Crippen LogP contribution is 2.13. The summed E-state index contributed by atoms with van der Waals surface area (Å²) < 4.78 is 12.7. The van der Waals surface area contributed by atoms with Gasteiger partial charge in [-0.3, -0.25) is 4.79 Å². The van der Waals surface area contributed by atoms with Crippen molar-refractivity contribution in [1.29, 1.82) is 0 Å². The maximum absolute atomic E-state index is 12.7. The zero-order valence-electron chi connectivity index (χ0n) is 9.32. The molecule has 1 aromatic carbocycles. The van der Waals surface area contributed by atoms with E-state index in [4.69, 9.17) is 5.11 Å². The van der Waals surface area contributed by atoms with Crippen LogP contribution in [0.15, 0.2) is 24.3 Å². The first-order valence-corrected chi connectivity index (χ1v) is 5.28. The van der Waals surface area contributed by atoms with Crippen LogP contribution in [0, 0.1) is 5.82 Å². The zero-order valence-corrected chi connectivity index (χ0v) is 9.32. The predicted molar refractivity (Wildman–Crippen MR) is 61.2 cm³/mol. The number of rotatable bonds is 6. The molecule has 0 spiro atoms. The highest BCUT2D eigenvalue weighted by molar-refractivity contribution is 5.66. The predicted octanol–water partition coefficient (Wildman–Crippen LogP) is 2.52. The van der Waals surface area contributed by atoms with Crippen molar-refractivity contribution in [1.82, 2.24) is 0 Å². The van der Waals surface area contributed by atoms with E-state index in [-0.39, 0.29) is 12.2 Å². The Labute approximate surface area is 94.5 Å². The van der Waals surface area contributed by atoms with E-state index in [0.29, 0.717) is 6.42 Å². The molecule has 3 nitrogen and oxygen atoms in total. The third-order valence-corrected chi connectivity index (χ3v) is 2.40. The molecule has 0 amide bonds. The summed E-state index contributed by atoms with van der Waals surface area (Å²) in [7, 11) is 1.91. The van der Waals surface area contributed by atoms with E-state index >= 15 is 0 Å². The summed E-state index contributed by atoms with van der Waals surface area (Å²) in [6.45, 7) is 0.777.